The van der Waals surface area contributed by atoms with Gasteiger partial charge in [-0.2, -0.15) is 0 Å². The lowest BCUT2D eigenvalue weighted by Gasteiger charge is -2.36. The molecule has 0 aromatic carbocycles. The number of carbonyl (C=O) groups excluding carboxylic acids is 3. The van der Waals surface area contributed by atoms with E-state index in [4.69, 9.17) is 14.3 Å². The van der Waals surface area contributed by atoms with Gasteiger partial charge in [-0.05, 0) is 64.0 Å². The average Bonchev–Trinajstić information content (AvgIpc) is 3.44. The van der Waals surface area contributed by atoms with E-state index < -0.39 is 23.5 Å². The lowest BCUT2D eigenvalue weighted by Crippen LogP contribution is -2.48. The molecule has 2 aliphatic heterocycles. The van der Waals surface area contributed by atoms with Gasteiger partial charge in [-0.1, -0.05) is 40.5 Å². The number of thiazole rings is 1. The minimum Gasteiger partial charge on any atom is -0.461 e. The van der Waals surface area contributed by atoms with E-state index >= 15 is 0 Å². The Labute approximate surface area is 278 Å². The van der Waals surface area contributed by atoms with E-state index in [1.54, 1.807) is 32.1 Å². The van der Waals surface area contributed by atoms with E-state index in [-0.39, 0.29) is 54.2 Å². The number of nitrogens with zero attached hydrogens (tertiary/aromatic N) is 1. The van der Waals surface area contributed by atoms with Gasteiger partial charge in [0.1, 0.15) is 11.9 Å². The number of amides is 1. The summed E-state index contributed by atoms with van der Waals surface area (Å²) in [5.74, 6) is -1.65. The first-order chi connectivity index (χ1) is 21.7. The van der Waals surface area contributed by atoms with E-state index in [9.17, 15) is 19.5 Å². The number of Topliss-reactive ketones (excluding diaryl/α,β-unsaturated/α-hetero) is 1. The zero-order valence-electron chi connectivity index (χ0n) is 28.9. The van der Waals surface area contributed by atoms with Crippen LogP contribution >= 0.6 is 11.3 Å². The number of epoxide rings is 1. The fourth-order valence-corrected chi connectivity index (χ4v) is 6.96. The highest BCUT2D eigenvalue weighted by molar-refractivity contribution is 7.09. The number of ketones is 1. The second-order valence-corrected chi connectivity index (χ2v) is 15.0. The normalized spacial score (nSPS) is 31.2. The number of fused-ring (bicyclic) bond motifs is 1. The van der Waals surface area contributed by atoms with Gasteiger partial charge >= 0.3 is 5.97 Å². The molecule has 3 heterocycles. The highest BCUT2D eigenvalue weighted by Gasteiger charge is 2.52. The van der Waals surface area contributed by atoms with Crippen molar-refractivity contribution in [2.75, 3.05) is 13.7 Å². The summed E-state index contributed by atoms with van der Waals surface area (Å²) < 4.78 is 12.2. The largest absolute Gasteiger partial charge is 0.461 e. The molecule has 7 atom stereocenters. The Hall–Kier alpha value is -2.22. The summed E-state index contributed by atoms with van der Waals surface area (Å²) in [6, 6.07) is -0.305. The average molecular weight is 665 g/mol. The van der Waals surface area contributed by atoms with E-state index in [1.165, 1.54) is 7.11 Å². The first kappa shape index (κ1) is 38.2. The number of hydrogen-bond acceptors (Lipinski definition) is 11. The monoisotopic (exact) mass is 664 g/mol. The van der Waals surface area contributed by atoms with E-state index in [1.807, 2.05) is 32.2 Å². The Morgan fingerprint density at radius 2 is 1.98 bits per heavy atom. The van der Waals surface area contributed by atoms with Crippen LogP contribution in [0.1, 0.15) is 110 Å². The first-order valence-electron chi connectivity index (χ1n) is 16.7. The van der Waals surface area contributed by atoms with Crippen molar-refractivity contribution in [2.24, 2.45) is 17.3 Å². The van der Waals surface area contributed by atoms with Crippen LogP contribution in [-0.4, -0.2) is 71.4 Å². The predicted molar refractivity (Wildman–Crippen MR) is 178 cm³/mol. The van der Waals surface area contributed by atoms with Crippen LogP contribution in [0.15, 0.2) is 11.0 Å². The zero-order valence-corrected chi connectivity index (χ0v) is 29.8. The Morgan fingerprint density at radius 1 is 1.24 bits per heavy atom. The van der Waals surface area contributed by atoms with Crippen molar-refractivity contribution in [3.05, 3.63) is 21.7 Å². The van der Waals surface area contributed by atoms with E-state index in [0.29, 0.717) is 19.4 Å². The van der Waals surface area contributed by atoms with Crippen molar-refractivity contribution < 1.29 is 33.8 Å². The smallest absolute Gasteiger partial charge is 0.306 e. The standard InChI is InChI=1S/C34H56N4O7S/c1-21-13-12-15-34(7)28(45-34)18-26(22(2)17-25-20-46-24(4)36-25)37-29(40)19-27(39)33(5,6)32(42)23(3)31(21)44-30(41)14-10-9-11-16-35-38-43-8/h17,20-21,23,26-28,31,35,38-39H,9-16,18-19H2,1-8H3,(H,37,40)/b22-17+/t21-,23+,26-,27-,28-,31-,34+/m0/s1. The fourth-order valence-electron chi connectivity index (χ4n) is 6.39. The van der Waals surface area contributed by atoms with E-state index in [0.717, 1.165) is 48.4 Å². The summed E-state index contributed by atoms with van der Waals surface area (Å²) in [5, 5.41) is 17.3. The second-order valence-electron chi connectivity index (χ2n) is 13.9. The molecule has 46 heavy (non-hydrogen) atoms. The molecule has 1 aromatic rings. The third-order valence-electron chi connectivity index (χ3n) is 9.65. The van der Waals surface area contributed by atoms with Gasteiger partial charge in [0.25, 0.3) is 0 Å². The minimum absolute atomic E-state index is 0.0301. The van der Waals surface area contributed by atoms with Gasteiger partial charge < -0.3 is 19.9 Å². The number of aromatic nitrogens is 1. The summed E-state index contributed by atoms with van der Waals surface area (Å²) >= 11 is 1.57. The van der Waals surface area contributed by atoms with Crippen molar-refractivity contribution in [2.45, 2.75) is 136 Å². The second kappa shape index (κ2) is 17.3. The predicted octanol–water partition coefficient (Wildman–Crippen LogP) is 4.82. The van der Waals surface area contributed by atoms with Crippen LogP contribution in [0.5, 0.6) is 0 Å². The molecule has 0 saturated carbocycles. The Morgan fingerprint density at radius 3 is 2.65 bits per heavy atom. The number of esters is 1. The van der Waals surface area contributed by atoms with Crippen molar-refractivity contribution >= 4 is 35.1 Å². The number of carbonyl (C=O) groups is 3. The Balaban J connectivity index is 1.75. The zero-order chi connectivity index (χ0) is 34.1. The minimum atomic E-state index is -1.24. The summed E-state index contributed by atoms with van der Waals surface area (Å²) in [4.78, 5) is 49.5. The first-order valence-corrected chi connectivity index (χ1v) is 17.6. The Bertz CT molecular complexity index is 1200. The van der Waals surface area contributed by atoms with Crippen LogP contribution in [0.4, 0.5) is 0 Å². The van der Waals surface area contributed by atoms with Crippen molar-refractivity contribution in [3.63, 3.8) is 0 Å². The molecule has 0 unspecified atom stereocenters. The molecule has 0 spiro atoms. The van der Waals surface area contributed by atoms with Gasteiger partial charge in [-0.15, -0.1) is 16.9 Å². The van der Waals surface area contributed by atoms with E-state index in [2.05, 4.69) is 28.2 Å². The summed E-state index contributed by atoms with van der Waals surface area (Å²) in [5.41, 5.74) is 5.72. The molecule has 4 N–H and O–H groups in total. The summed E-state index contributed by atoms with van der Waals surface area (Å²) in [6.07, 6.45) is 5.49. The molecule has 2 saturated heterocycles. The van der Waals surface area contributed by atoms with Crippen LogP contribution in [-0.2, 0) is 28.7 Å². The van der Waals surface area contributed by atoms with Crippen LogP contribution in [0.2, 0.25) is 0 Å². The lowest BCUT2D eigenvalue weighted by molar-refractivity contribution is -0.160. The molecule has 1 amide bonds. The highest BCUT2D eigenvalue weighted by atomic mass is 32.1. The molecule has 0 aliphatic carbocycles. The van der Waals surface area contributed by atoms with Crippen molar-refractivity contribution in [1.29, 1.82) is 0 Å². The number of aliphatic hydroxyl groups is 1. The van der Waals surface area contributed by atoms with Crippen LogP contribution in [0, 0.1) is 24.2 Å². The topological polar surface area (TPSA) is 151 Å². The molecule has 2 fully saturated rings. The molecule has 0 bridgehead atoms. The van der Waals surface area contributed by atoms with Crippen molar-refractivity contribution in [3.8, 4) is 0 Å². The lowest BCUT2D eigenvalue weighted by atomic mass is 9.72. The van der Waals surface area contributed by atoms with Crippen LogP contribution in [0.25, 0.3) is 6.08 Å². The SMILES string of the molecule is CONNCCCCCC(=O)O[C@H]1[C@@H](C)CCC[C@@]2(C)O[C@H]2C[C@@H](/C(C)=C/c2csc(C)n2)NC(=O)C[C@H](O)C(C)(C)C(=O)[C@@H]1C. The van der Waals surface area contributed by atoms with Gasteiger partial charge in [-0.3, -0.25) is 19.2 Å². The van der Waals surface area contributed by atoms with Crippen molar-refractivity contribution in [1.82, 2.24) is 21.3 Å². The number of hydrazine groups is 1. The number of aryl methyl sites for hydroxylation is 1. The van der Waals surface area contributed by atoms with Crippen LogP contribution < -0.4 is 16.3 Å². The molecular weight excluding hydrogens is 608 g/mol. The highest BCUT2D eigenvalue weighted by Crippen LogP contribution is 2.44. The molecule has 11 nitrogen and oxygen atoms in total. The maximum Gasteiger partial charge on any atom is 0.306 e. The molecule has 1 aromatic heterocycles. The molecular formula is C34H56N4O7S. The van der Waals surface area contributed by atoms with Gasteiger partial charge in [-0.25, -0.2) is 10.4 Å². The molecule has 0 radical (unpaired) electrons. The molecule has 12 heteroatoms. The van der Waals surface area contributed by atoms with Gasteiger partial charge in [0.05, 0.1) is 59.4 Å². The molecule has 3 rings (SSSR count). The maximum absolute atomic E-state index is 13.9. The van der Waals surface area contributed by atoms with Crippen LogP contribution in [0.3, 0.4) is 0 Å². The fraction of sp³-hybridized carbons (Fsp3) is 0.765. The number of nitrogens with one attached hydrogen (secondary N) is 3. The third-order valence-corrected chi connectivity index (χ3v) is 10.4. The third kappa shape index (κ3) is 10.9. The summed E-state index contributed by atoms with van der Waals surface area (Å²) in [7, 11) is 1.53. The quantitative estimate of drug-likeness (QED) is 0.112. The number of rotatable bonds is 11. The summed E-state index contributed by atoms with van der Waals surface area (Å²) in [6.45, 7) is 13.9. The number of unbranched alkanes of at least 4 members (excludes halogenated alkanes) is 2. The van der Waals surface area contributed by atoms with Gasteiger partial charge in [0, 0.05) is 24.8 Å². The maximum atomic E-state index is 13.9. The molecule has 2 aliphatic rings. The van der Waals surface area contributed by atoms with Gasteiger partial charge in [0.2, 0.25) is 5.91 Å². The number of aliphatic hydroxyl groups excluding tert-OH is 1. The Kier molecular flexibility index (Phi) is 14.3. The number of ether oxygens (including phenoxy) is 2. The molecule has 260 valence electrons. The number of hydrogen-bond donors (Lipinski definition) is 4. The van der Waals surface area contributed by atoms with Gasteiger partial charge in [0.15, 0.2) is 0 Å².